The second-order valence-corrected chi connectivity index (χ2v) is 7.53. The number of halogens is 1. The molecule has 0 aliphatic heterocycles. The van der Waals surface area contributed by atoms with E-state index in [2.05, 4.69) is 25.5 Å². The van der Waals surface area contributed by atoms with Gasteiger partial charge in [-0.25, -0.2) is 0 Å². The van der Waals surface area contributed by atoms with Gasteiger partial charge in [-0.15, -0.1) is 10.2 Å². The van der Waals surface area contributed by atoms with E-state index >= 15 is 0 Å². The van der Waals surface area contributed by atoms with E-state index in [1.807, 2.05) is 60.7 Å². The molecule has 1 N–H and O–H groups in total. The van der Waals surface area contributed by atoms with Crippen molar-refractivity contribution in [3.05, 3.63) is 76.3 Å². The molecule has 3 aromatic heterocycles. The highest BCUT2D eigenvalue weighted by molar-refractivity contribution is 7.16. The zero-order chi connectivity index (χ0) is 18.2. The number of hydrogen-bond acceptors (Lipinski definition) is 5. The number of fused-ring (bicyclic) bond motifs is 1. The molecule has 0 fully saturated rings. The van der Waals surface area contributed by atoms with Crippen LogP contribution in [0.15, 0.2) is 60.7 Å². The first-order chi connectivity index (χ1) is 13.3. The quantitative estimate of drug-likeness (QED) is 0.489. The third-order valence-corrected chi connectivity index (χ3v) is 5.34. The smallest absolute Gasteiger partial charge is 0.235 e. The zero-order valence-corrected chi connectivity index (χ0v) is 15.6. The summed E-state index contributed by atoms with van der Waals surface area (Å²) in [4.78, 5) is 0.754. The van der Waals surface area contributed by atoms with Crippen molar-refractivity contribution in [1.82, 2.24) is 30.0 Å². The lowest BCUT2D eigenvalue weighted by molar-refractivity contribution is 0.909. The average Bonchev–Trinajstić information content (AvgIpc) is 3.40. The van der Waals surface area contributed by atoms with E-state index in [0.29, 0.717) is 5.82 Å². The molecule has 5 rings (SSSR count). The van der Waals surface area contributed by atoms with Crippen molar-refractivity contribution in [2.24, 2.45) is 0 Å². The van der Waals surface area contributed by atoms with Crippen LogP contribution in [-0.4, -0.2) is 30.0 Å². The Morgan fingerprint density at radius 3 is 2.63 bits per heavy atom. The third kappa shape index (κ3) is 3.11. The average molecular weight is 393 g/mol. The third-order valence-electron chi connectivity index (χ3n) is 4.19. The number of aromatic amines is 1. The molecule has 0 aliphatic rings. The van der Waals surface area contributed by atoms with Crippen LogP contribution >= 0.6 is 22.9 Å². The summed E-state index contributed by atoms with van der Waals surface area (Å²) < 4.78 is 1.76. The molecule has 5 aromatic rings. The van der Waals surface area contributed by atoms with E-state index in [9.17, 15) is 0 Å². The predicted molar refractivity (Wildman–Crippen MR) is 106 cm³/mol. The van der Waals surface area contributed by atoms with Crippen molar-refractivity contribution in [2.45, 2.75) is 6.42 Å². The van der Waals surface area contributed by atoms with Crippen LogP contribution < -0.4 is 0 Å². The van der Waals surface area contributed by atoms with Crippen LogP contribution in [0.4, 0.5) is 0 Å². The minimum Gasteiger partial charge on any atom is -0.274 e. The summed E-state index contributed by atoms with van der Waals surface area (Å²) in [6, 6.07) is 19.8. The number of H-pyrrole nitrogens is 1. The molecule has 0 saturated heterocycles. The van der Waals surface area contributed by atoms with Crippen LogP contribution in [0.25, 0.3) is 27.7 Å². The lowest BCUT2D eigenvalue weighted by Gasteiger charge is -1.97. The van der Waals surface area contributed by atoms with Gasteiger partial charge in [-0.1, -0.05) is 65.4 Å². The van der Waals surface area contributed by atoms with E-state index in [4.69, 9.17) is 11.6 Å². The molecule has 27 heavy (non-hydrogen) atoms. The molecular formula is C19H13ClN6S. The summed E-state index contributed by atoms with van der Waals surface area (Å²) in [5.74, 6) is 0.651. The van der Waals surface area contributed by atoms with Crippen LogP contribution in [0.3, 0.4) is 0 Å². The molecule has 0 aliphatic carbocycles. The van der Waals surface area contributed by atoms with Gasteiger partial charge in [-0.05, 0) is 23.8 Å². The van der Waals surface area contributed by atoms with Crippen LogP contribution in [0.5, 0.6) is 0 Å². The topological polar surface area (TPSA) is 71.8 Å². The number of aromatic nitrogens is 6. The SMILES string of the molecule is Clc1ccc(Cc2nn3c(-c4cc(-c5ccccc5)n[nH]4)nnc3s2)cc1. The van der Waals surface area contributed by atoms with Gasteiger partial charge in [-0.2, -0.15) is 14.7 Å². The molecule has 2 aromatic carbocycles. The Morgan fingerprint density at radius 2 is 1.81 bits per heavy atom. The largest absolute Gasteiger partial charge is 0.274 e. The monoisotopic (exact) mass is 392 g/mol. The minimum absolute atomic E-state index is 0.651. The fraction of sp³-hybridized carbons (Fsp3) is 0.0526. The number of nitrogens with one attached hydrogen (secondary N) is 1. The Labute approximate surface area is 163 Å². The van der Waals surface area contributed by atoms with Gasteiger partial charge in [-0.3, -0.25) is 5.10 Å². The van der Waals surface area contributed by atoms with Gasteiger partial charge in [0, 0.05) is 17.0 Å². The van der Waals surface area contributed by atoms with E-state index in [1.165, 1.54) is 11.3 Å². The Balaban J connectivity index is 1.47. The summed E-state index contributed by atoms with van der Waals surface area (Å²) >= 11 is 7.48. The maximum absolute atomic E-state index is 5.95. The van der Waals surface area contributed by atoms with Gasteiger partial charge in [0.2, 0.25) is 10.8 Å². The number of hydrogen-bond donors (Lipinski definition) is 1. The minimum atomic E-state index is 0.651. The number of nitrogens with zero attached hydrogens (tertiary/aromatic N) is 5. The standard InChI is InChI=1S/C19H13ClN6S/c20-14-8-6-12(7-9-14)10-17-25-26-18(23-24-19(26)27-17)16-11-15(21-22-16)13-4-2-1-3-5-13/h1-9,11H,10H2,(H,21,22). The van der Waals surface area contributed by atoms with Crippen LogP contribution in [0, 0.1) is 0 Å². The fourth-order valence-electron chi connectivity index (χ4n) is 2.87. The van der Waals surface area contributed by atoms with Gasteiger partial charge in [0.15, 0.2) is 0 Å². The first-order valence-corrected chi connectivity index (χ1v) is 9.52. The zero-order valence-electron chi connectivity index (χ0n) is 14.0. The Morgan fingerprint density at radius 1 is 1.00 bits per heavy atom. The van der Waals surface area contributed by atoms with Gasteiger partial charge in [0.1, 0.15) is 10.7 Å². The molecule has 0 bridgehead atoms. The highest BCUT2D eigenvalue weighted by atomic mass is 35.5. The molecule has 0 atom stereocenters. The summed E-state index contributed by atoms with van der Waals surface area (Å²) in [5.41, 5.74) is 3.84. The molecular weight excluding hydrogens is 380 g/mol. The van der Waals surface area contributed by atoms with Crippen molar-refractivity contribution < 1.29 is 0 Å². The predicted octanol–water partition coefficient (Wildman–Crippen LogP) is 4.49. The van der Waals surface area contributed by atoms with Crippen molar-refractivity contribution >= 4 is 27.9 Å². The van der Waals surface area contributed by atoms with Crippen molar-refractivity contribution in [3.8, 4) is 22.8 Å². The molecule has 6 nitrogen and oxygen atoms in total. The van der Waals surface area contributed by atoms with Crippen LogP contribution in [0.2, 0.25) is 5.02 Å². The second kappa shape index (κ2) is 6.61. The molecule has 0 unspecified atom stereocenters. The molecule has 8 heteroatoms. The highest BCUT2D eigenvalue weighted by Gasteiger charge is 2.16. The summed E-state index contributed by atoms with van der Waals surface area (Å²) in [6.07, 6.45) is 0.725. The Bertz CT molecular complexity index is 1210. The number of rotatable bonds is 4. The normalized spacial score (nSPS) is 11.3. The first kappa shape index (κ1) is 16.2. The van der Waals surface area contributed by atoms with Crippen LogP contribution in [0.1, 0.15) is 10.6 Å². The Hall–Kier alpha value is -3.03. The number of benzene rings is 2. The van der Waals surface area contributed by atoms with Crippen molar-refractivity contribution in [1.29, 1.82) is 0 Å². The summed E-state index contributed by atoms with van der Waals surface area (Å²) in [6.45, 7) is 0. The molecule has 3 heterocycles. The van der Waals surface area contributed by atoms with Gasteiger partial charge < -0.3 is 0 Å². The molecule has 0 radical (unpaired) electrons. The van der Waals surface area contributed by atoms with E-state index < -0.39 is 0 Å². The Kier molecular flexibility index (Phi) is 3.95. The van der Waals surface area contributed by atoms with Crippen molar-refractivity contribution in [3.63, 3.8) is 0 Å². The van der Waals surface area contributed by atoms with Gasteiger partial charge in [0.25, 0.3) is 0 Å². The van der Waals surface area contributed by atoms with Gasteiger partial charge in [0.05, 0.1) is 5.69 Å². The van der Waals surface area contributed by atoms with E-state index in [-0.39, 0.29) is 0 Å². The lowest BCUT2D eigenvalue weighted by Crippen LogP contribution is -1.93. The van der Waals surface area contributed by atoms with Gasteiger partial charge >= 0.3 is 0 Å². The lowest BCUT2D eigenvalue weighted by atomic mass is 10.1. The molecule has 0 saturated carbocycles. The highest BCUT2D eigenvalue weighted by Crippen LogP contribution is 2.25. The maximum atomic E-state index is 5.95. The van der Waals surface area contributed by atoms with Crippen LogP contribution in [-0.2, 0) is 6.42 Å². The van der Waals surface area contributed by atoms with Crippen molar-refractivity contribution in [2.75, 3.05) is 0 Å². The molecule has 0 spiro atoms. The molecule has 0 amide bonds. The summed E-state index contributed by atoms with van der Waals surface area (Å²) in [7, 11) is 0. The summed E-state index contributed by atoms with van der Waals surface area (Å²) in [5, 5.41) is 22.3. The van der Waals surface area contributed by atoms with E-state index in [1.54, 1.807) is 4.52 Å². The fourth-order valence-corrected chi connectivity index (χ4v) is 3.86. The maximum Gasteiger partial charge on any atom is 0.235 e. The second-order valence-electron chi connectivity index (χ2n) is 6.05. The first-order valence-electron chi connectivity index (χ1n) is 8.33. The molecule has 132 valence electrons. The van der Waals surface area contributed by atoms with E-state index in [0.717, 1.165) is 43.9 Å².